The number of nitrogens with zero attached hydrogens (tertiary/aromatic N) is 1. The van der Waals surface area contributed by atoms with Gasteiger partial charge in [0, 0.05) is 6.20 Å². The van der Waals surface area contributed by atoms with Gasteiger partial charge in [-0.1, -0.05) is 11.6 Å². The highest BCUT2D eigenvalue weighted by Gasteiger charge is 2.07. The standard InChI is InChI=1S/C7H4ClNO2/c8-7-5(6(11)4-10)2-1-3-9-7/h1-4H. The van der Waals surface area contributed by atoms with Crippen LogP contribution in [-0.2, 0) is 4.79 Å². The van der Waals surface area contributed by atoms with Gasteiger partial charge in [-0.25, -0.2) is 4.98 Å². The van der Waals surface area contributed by atoms with Gasteiger partial charge >= 0.3 is 0 Å². The number of carbonyl (C=O) groups excluding carboxylic acids is 2. The number of rotatable bonds is 2. The van der Waals surface area contributed by atoms with E-state index in [9.17, 15) is 9.59 Å². The van der Waals surface area contributed by atoms with Gasteiger partial charge in [0.05, 0.1) is 5.56 Å². The average Bonchev–Trinajstić information content (AvgIpc) is 2.04. The van der Waals surface area contributed by atoms with Crippen molar-refractivity contribution in [1.29, 1.82) is 0 Å². The number of Topliss-reactive ketones (excluding diaryl/α,β-unsaturated/α-hetero) is 1. The Kier molecular flexibility index (Phi) is 2.33. The number of hydrogen-bond donors (Lipinski definition) is 0. The maximum atomic E-state index is 10.7. The maximum absolute atomic E-state index is 10.7. The Hall–Kier alpha value is -1.22. The van der Waals surface area contributed by atoms with E-state index in [1.165, 1.54) is 12.3 Å². The second-order valence-electron chi connectivity index (χ2n) is 1.82. The Labute approximate surface area is 68.0 Å². The monoisotopic (exact) mass is 169 g/mol. The number of halogens is 1. The summed E-state index contributed by atoms with van der Waals surface area (Å²) in [5.41, 5.74) is 0.143. The third kappa shape index (κ3) is 1.62. The molecule has 0 spiro atoms. The second-order valence-corrected chi connectivity index (χ2v) is 2.18. The van der Waals surface area contributed by atoms with E-state index in [4.69, 9.17) is 11.6 Å². The molecule has 0 aliphatic carbocycles. The SMILES string of the molecule is O=CC(=O)c1cccnc1Cl. The summed E-state index contributed by atoms with van der Waals surface area (Å²) in [5, 5.41) is 0.0598. The van der Waals surface area contributed by atoms with E-state index < -0.39 is 5.78 Å². The third-order valence-corrected chi connectivity index (χ3v) is 1.43. The number of carbonyl (C=O) groups is 2. The first-order chi connectivity index (χ1) is 5.25. The van der Waals surface area contributed by atoms with Gasteiger partial charge in [-0.2, -0.15) is 0 Å². The van der Waals surface area contributed by atoms with Crippen molar-refractivity contribution in [3.8, 4) is 0 Å². The molecule has 0 aliphatic heterocycles. The van der Waals surface area contributed by atoms with Crippen LogP contribution in [-0.4, -0.2) is 17.1 Å². The zero-order chi connectivity index (χ0) is 8.27. The number of aromatic nitrogens is 1. The van der Waals surface area contributed by atoms with Gasteiger partial charge in [0.2, 0.25) is 5.78 Å². The zero-order valence-electron chi connectivity index (χ0n) is 5.45. The second kappa shape index (κ2) is 3.25. The molecule has 0 saturated heterocycles. The summed E-state index contributed by atoms with van der Waals surface area (Å²) in [7, 11) is 0. The van der Waals surface area contributed by atoms with Crippen LogP contribution in [0.1, 0.15) is 10.4 Å². The minimum absolute atomic E-state index is 0.0598. The molecule has 0 fully saturated rings. The molecule has 3 nitrogen and oxygen atoms in total. The van der Waals surface area contributed by atoms with Crippen molar-refractivity contribution in [2.75, 3.05) is 0 Å². The summed E-state index contributed by atoms with van der Waals surface area (Å²) in [6.45, 7) is 0. The third-order valence-electron chi connectivity index (χ3n) is 1.13. The highest BCUT2D eigenvalue weighted by Crippen LogP contribution is 2.10. The van der Waals surface area contributed by atoms with Gasteiger partial charge in [0.15, 0.2) is 6.29 Å². The molecule has 1 aromatic rings. The van der Waals surface area contributed by atoms with Crippen molar-refractivity contribution in [2.45, 2.75) is 0 Å². The molecule has 0 aromatic carbocycles. The Balaban J connectivity index is 3.13. The molecule has 1 heterocycles. The van der Waals surface area contributed by atoms with E-state index >= 15 is 0 Å². The maximum Gasteiger partial charge on any atom is 0.228 e. The molecule has 0 N–H and O–H groups in total. The van der Waals surface area contributed by atoms with Crippen molar-refractivity contribution in [2.24, 2.45) is 0 Å². The molecule has 0 saturated carbocycles. The highest BCUT2D eigenvalue weighted by atomic mass is 35.5. The Bertz CT molecular complexity index is 298. The first-order valence-electron chi connectivity index (χ1n) is 2.85. The van der Waals surface area contributed by atoms with Gasteiger partial charge < -0.3 is 0 Å². The summed E-state index contributed by atoms with van der Waals surface area (Å²) in [6.07, 6.45) is 1.66. The van der Waals surface area contributed by atoms with Crippen LogP contribution in [0.2, 0.25) is 5.15 Å². The van der Waals surface area contributed by atoms with Crippen molar-refractivity contribution in [3.05, 3.63) is 29.0 Å². The summed E-state index contributed by atoms with van der Waals surface area (Å²) < 4.78 is 0. The molecule has 0 aliphatic rings. The first kappa shape index (κ1) is 7.88. The average molecular weight is 170 g/mol. The molecule has 56 valence electrons. The Morgan fingerprint density at radius 1 is 1.64 bits per heavy atom. The van der Waals surface area contributed by atoms with Gasteiger partial charge in [0.25, 0.3) is 0 Å². The molecule has 11 heavy (non-hydrogen) atoms. The Morgan fingerprint density at radius 2 is 2.36 bits per heavy atom. The van der Waals surface area contributed by atoms with E-state index in [-0.39, 0.29) is 17.0 Å². The molecular weight excluding hydrogens is 166 g/mol. The zero-order valence-corrected chi connectivity index (χ0v) is 6.21. The van der Waals surface area contributed by atoms with Gasteiger partial charge in [-0.05, 0) is 12.1 Å². The van der Waals surface area contributed by atoms with Crippen LogP contribution in [0.4, 0.5) is 0 Å². The molecule has 1 aromatic heterocycles. The molecule has 1 rings (SSSR count). The molecule has 0 unspecified atom stereocenters. The predicted octanol–water partition coefficient (Wildman–Crippen LogP) is 1.12. The van der Waals surface area contributed by atoms with Gasteiger partial charge in [-0.3, -0.25) is 9.59 Å². The lowest BCUT2D eigenvalue weighted by atomic mass is 10.2. The van der Waals surface area contributed by atoms with Crippen LogP contribution in [0.3, 0.4) is 0 Å². The highest BCUT2D eigenvalue weighted by molar-refractivity contribution is 6.40. The normalized spacial score (nSPS) is 9.18. The molecule has 0 bridgehead atoms. The first-order valence-corrected chi connectivity index (χ1v) is 3.23. The van der Waals surface area contributed by atoms with E-state index in [0.29, 0.717) is 0 Å². The lowest BCUT2D eigenvalue weighted by Gasteiger charge is -1.93. The lowest BCUT2D eigenvalue weighted by molar-refractivity contribution is -0.104. The van der Waals surface area contributed by atoms with Crippen LogP contribution in [0.15, 0.2) is 18.3 Å². The largest absolute Gasteiger partial charge is 0.294 e. The van der Waals surface area contributed by atoms with Crippen molar-refractivity contribution in [3.63, 3.8) is 0 Å². The number of hydrogen-bond acceptors (Lipinski definition) is 3. The van der Waals surface area contributed by atoms with Crippen LogP contribution >= 0.6 is 11.6 Å². The molecule has 0 amide bonds. The fraction of sp³-hybridized carbons (Fsp3) is 0. The smallest absolute Gasteiger partial charge is 0.228 e. The number of aldehydes is 1. The molecule has 0 radical (unpaired) electrons. The lowest BCUT2D eigenvalue weighted by Crippen LogP contribution is -2.01. The van der Waals surface area contributed by atoms with Crippen LogP contribution in [0, 0.1) is 0 Å². The molecule has 4 heteroatoms. The minimum Gasteiger partial charge on any atom is -0.294 e. The van der Waals surface area contributed by atoms with Crippen molar-refractivity contribution in [1.82, 2.24) is 4.98 Å². The number of pyridine rings is 1. The van der Waals surface area contributed by atoms with E-state index in [1.807, 2.05) is 0 Å². The molecule has 0 atom stereocenters. The minimum atomic E-state index is -0.650. The van der Waals surface area contributed by atoms with Crippen molar-refractivity contribution < 1.29 is 9.59 Å². The topological polar surface area (TPSA) is 47.0 Å². The fourth-order valence-electron chi connectivity index (χ4n) is 0.633. The summed E-state index contributed by atoms with van der Waals surface area (Å²) in [6, 6.07) is 2.99. The summed E-state index contributed by atoms with van der Waals surface area (Å²) >= 11 is 5.51. The van der Waals surface area contributed by atoms with Gasteiger partial charge in [0.1, 0.15) is 5.15 Å². The van der Waals surface area contributed by atoms with E-state index in [0.717, 1.165) is 0 Å². The summed E-state index contributed by atoms with van der Waals surface area (Å²) in [4.78, 5) is 24.4. The summed E-state index contributed by atoms with van der Waals surface area (Å²) in [5.74, 6) is -0.650. The molecular formula is C7H4ClNO2. The quantitative estimate of drug-likeness (QED) is 0.289. The van der Waals surface area contributed by atoms with E-state index in [2.05, 4.69) is 4.98 Å². The fourth-order valence-corrected chi connectivity index (χ4v) is 0.846. The Morgan fingerprint density at radius 3 is 2.91 bits per heavy atom. The van der Waals surface area contributed by atoms with Crippen LogP contribution < -0.4 is 0 Å². The van der Waals surface area contributed by atoms with Crippen LogP contribution in [0.5, 0.6) is 0 Å². The number of ketones is 1. The van der Waals surface area contributed by atoms with Crippen molar-refractivity contribution >= 4 is 23.7 Å². The van der Waals surface area contributed by atoms with E-state index in [1.54, 1.807) is 6.07 Å². The predicted molar refractivity (Wildman–Crippen MR) is 39.6 cm³/mol. The van der Waals surface area contributed by atoms with Gasteiger partial charge in [-0.15, -0.1) is 0 Å². The van der Waals surface area contributed by atoms with Crippen LogP contribution in [0.25, 0.3) is 0 Å².